The Hall–Kier alpha value is -2.88. The van der Waals surface area contributed by atoms with E-state index in [2.05, 4.69) is 29.9 Å². The van der Waals surface area contributed by atoms with Gasteiger partial charge in [-0.05, 0) is 13.8 Å². The number of amides is 1. The summed E-state index contributed by atoms with van der Waals surface area (Å²) in [6.45, 7) is 6.55. The molecule has 134 valence electrons. The maximum absolute atomic E-state index is 12.7. The van der Waals surface area contributed by atoms with Crippen LogP contribution in [0.5, 0.6) is 0 Å². The average Bonchev–Trinajstić information content (AvgIpc) is 3.31. The lowest BCUT2D eigenvalue weighted by atomic mass is 10.2. The van der Waals surface area contributed by atoms with Gasteiger partial charge in [0.2, 0.25) is 0 Å². The molecule has 1 aliphatic heterocycles. The first-order valence-electron chi connectivity index (χ1n) is 8.27. The van der Waals surface area contributed by atoms with Crippen molar-refractivity contribution in [2.45, 2.75) is 13.8 Å². The van der Waals surface area contributed by atoms with E-state index in [0.717, 1.165) is 34.5 Å². The lowest BCUT2D eigenvalue weighted by molar-refractivity contribution is 0.0750. The van der Waals surface area contributed by atoms with E-state index >= 15 is 0 Å². The fraction of sp³-hybridized carbons (Fsp3) is 0.375. The van der Waals surface area contributed by atoms with Gasteiger partial charge in [0.05, 0.1) is 10.7 Å². The van der Waals surface area contributed by atoms with E-state index in [0.29, 0.717) is 18.9 Å². The van der Waals surface area contributed by atoms with Crippen LogP contribution in [0.3, 0.4) is 0 Å². The van der Waals surface area contributed by atoms with Gasteiger partial charge in [-0.25, -0.2) is 24.6 Å². The molecular formula is C16H18N8OS. The van der Waals surface area contributed by atoms with Crippen LogP contribution in [0, 0.1) is 13.8 Å². The summed E-state index contributed by atoms with van der Waals surface area (Å²) in [6, 6.07) is 1.88. The first-order valence-corrected chi connectivity index (χ1v) is 9.09. The predicted octanol–water partition coefficient (Wildman–Crippen LogP) is 1.09. The summed E-state index contributed by atoms with van der Waals surface area (Å²) in [5.74, 6) is 1.56. The molecule has 0 bridgehead atoms. The van der Waals surface area contributed by atoms with E-state index in [-0.39, 0.29) is 5.91 Å². The fourth-order valence-corrected chi connectivity index (χ4v) is 3.86. The van der Waals surface area contributed by atoms with Crippen molar-refractivity contribution >= 4 is 23.1 Å². The van der Waals surface area contributed by atoms with Gasteiger partial charge in [0, 0.05) is 32.2 Å². The lowest BCUT2D eigenvalue weighted by Crippen LogP contribution is -2.49. The van der Waals surface area contributed by atoms with Crippen LogP contribution in [0.15, 0.2) is 25.0 Å². The molecule has 1 fully saturated rings. The SMILES string of the molecule is Cc1nc(C)c(C(=O)N2CCN(c3cc(-n4cncn4)ncn3)CC2)s1. The molecule has 0 aromatic carbocycles. The van der Waals surface area contributed by atoms with Crippen LogP contribution < -0.4 is 4.90 Å². The van der Waals surface area contributed by atoms with Crippen molar-refractivity contribution in [3.63, 3.8) is 0 Å². The normalized spacial score (nSPS) is 14.7. The van der Waals surface area contributed by atoms with Gasteiger partial charge in [0.25, 0.3) is 5.91 Å². The maximum Gasteiger partial charge on any atom is 0.265 e. The molecule has 4 rings (SSSR count). The molecule has 9 nitrogen and oxygen atoms in total. The Morgan fingerprint density at radius 2 is 1.85 bits per heavy atom. The van der Waals surface area contributed by atoms with Crippen LogP contribution in [0.4, 0.5) is 5.82 Å². The zero-order valence-corrected chi connectivity index (χ0v) is 15.3. The Morgan fingerprint density at radius 3 is 2.50 bits per heavy atom. The number of carbonyl (C=O) groups excluding carboxylic acids is 1. The van der Waals surface area contributed by atoms with E-state index < -0.39 is 0 Å². The summed E-state index contributed by atoms with van der Waals surface area (Å²) in [7, 11) is 0. The smallest absolute Gasteiger partial charge is 0.265 e. The van der Waals surface area contributed by atoms with Crippen molar-refractivity contribution in [2.24, 2.45) is 0 Å². The van der Waals surface area contributed by atoms with Crippen LogP contribution in [-0.2, 0) is 0 Å². The first-order chi connectivity index (χ1) is 12.6. The topological polar surface area (TPSA) is 92.9 Å². The molecule has 0 atom stereocenters. The summed E-state index contributed by atoms with van der Waals surface area (Å²) in [5, 5.41) is 5.01. The molecule has 0 aliphatic carbocycles. The molecule has 26 heavy (non-hydrogen) atoms. The molecule has 0 saturated carbocycles. The summed E-state index contributed by atoms with van der Waals surface area (Å²) in [4.78, 5) is 34.4. The minimum Gasteiger partial charge on any atom is -0.353 e. The van der Waals surface area contributed by atoms with Gasteiger partial charge < -0.3 is 9.80 Å². The molecule has 1 amide bonds. The molecule has 1 saturated heterocycles. The van der Waals surface area contributed by atoms with Crippen LogP contribution in [0.25, 0.3) is 5.82 Å². The number of thiazole rings is 1. The van der Waals surface area contributed by atoms with Gasteiger partial charge in [0.15, 0.2) is 5.82 Å². The van der Waals surface area contributed by atoms with Crippen LogP contribution in [-0.4, -0.2) is 66.7 Å². The average molecular weight is 370 g/mol. The van der Waals surface area contributed by atoms with Crippen LogP contribution in [0.2, 0.25) is 0 Å². The Morgan fingerprint density at radius 1 is 1.08 bits per heavy atom. The zero-order chi connectivity index (χ0) is 18.1. The van der Waals surface area contributed by atoms with E-state index in [4.69, 9.17) is 0 Å². The predicted molar refractivity (Wildman–Crippen MR) is 96.7 cm³/mol. The van der Waals surface area contributed by atoms with Gasteiger partial charge in [-0.2, -0.15) is 5.10 Å². The Kier molecular flexibility index (Phi) is 4.33. The highest BCUT2D eigenvalue weighted by atomic mass is 32.1. The molecule has 0 unspecified atom stereocenters. The minimum absolute atomic E-state index is 0.0683. The molecule has 0 spiro atoms. The second-order valence-electron chi connectivity index (χ2n) is 6.00. The van der Waals surface area contributed by atoms with Crippen molar-refractivity contribution in [1.29, 1.82) is 0 Å². The Balaban J connectivity index is 1.45. The van der Waals surface area contributed by atoms with Crippen molar-refractivity contribution in [3.05, 3.63) is 40.6 Å². The largest absolute Gasteiger partial charge is 0.353 e. The zero-order valence-electron chi connectivity index (χ0n) is 14.5. The molecule has 3 aromatic rings. The highest BCUT2D eigenvalue weighted by molar-refractivity contribution is 7.13. The van der Waals surface area contributed by atoms with E-state index in [1.165, 1.54) is 24.0 Å². The van der Waals surface area contributed by atoms with Crippen molar-refractivity contribution in [2.75, 3.05) is 31.1 Å². The first kappa shape index (κ1) is 16.6. The number of hydrogen-bond acceptors (Lipinski definition) is 8. The monoisotopic (exact) mass is 370 g/mol. The molecular weight excluding hydrogens is 352 g/mol. The van der Waals surface area contributed by atoms with E-state index in [1.54, 1.807) is 11.0 Å². The summed E-state index contributed by atoms with van der Waals surface area (Å²) in [6.07, 6.45) is 4.59. The molecule has 0 radical (unpaired) electrons. The van der Waals surface area contributed by atoms with Crippen LogP contribution >= 0.6 is 11.3 Å². The van der Waals surface area contributed by atoms with Gasteiger partial charge >= 0.3 is 0 Å². The standard InChI is InChI=1S/C16H18N8OS/c1-11-15(26-12(2)21-11)16(25)23-5-3-22(4-6-23)13-7-14(19-9-18-13)24-10-17-8-20-24/h7-10H,3-6H2,1-2H3. The number of rotatable bonds is 3. The minimum atomic E-state index is 0.0683. The number of aryl methyl sites for hydroxylation is 2. The molecule has 1 aliphatic rings. The Bertz CT molecular complexity index is 914. The van der Waals surface area contributed by atoms with E-state index in [9.17, 15) is 4.79 Å². The third-order valence-corrected chi connectivity index (χ3v) is 5.34. The molecule has 10 heteroatoms. The molecule has 3 aromatic heterocycles. The number of anilines is 1. The number of nitrogens with zero attached hydrogens (tertiary/aromatic N) is 8. The summed E-state index contributed by atoms with van der Waals surface area (Å²) in [5.41, 5.74) is 0.813. The summed E-state index contributed by atoms with van der Waals surface area (Å²) >= 11 is 1.46. The van der Waals surface area contributed by atoms with Crippen LogP contribution in [0.1, 0.15) is 20.4 Å². The van der Waals surface area contributed by atoms with Gasteiger partial charge in [-0.3, -0.25) is 4.79 Å². The fourth-order valence-electron chi connectivity index (χ4n) is 2.97. The quantitative estimate of drug-likeness (QED) is 0.681. The highest BCUT2D eigenvalue weighted by Gasteiger charge is 2.25. The highest BCUT2D eigenvalue weighted by Crippen LogP contribution is 2.21. The van der Waals surface area contributed by atoms with E-state index in [1.807, 2.05) is 24.8 Å². The lowest BCUT2D eigenvalue weighted by Gasteiger charge is -2.35. The second kappa shape index (κ2) is 6.79. The van der Waals surface area contributed by atoms with Gasteiger partial charge in [-0.15, -0.1) is 11.3 Å². The van der Waals surface area contributed by atoms with Crippen molar-refractivity contribution < 1.29 is 4.79 Å². The molecule has 0 N–H and O–H groups in total. The Labute approximate surface area is 154 Å². The number of aromatic nitrogens is 6. The maximum atomic E-state index is 12.7. The molecule has 4 heterocycles. The number of piperazine rings is 1. The third-order valence-electron chi connectivity index (χ3n) is 4.28. The summed E-state index contributed by atoms with van der Waals surface area (Å²) < 4.78 is 1.60. The van der Waals surface area contributed by atoms with Crippen molar-refractivity contribution in [3.8, 4) is 5.82 Å². The third kappa shape index (κ3) is 3.15. The van der Waals surface area contributed by atoms with Gasteiger partial charge in [-0.1, -0.05) is 0 Å². The van der Waals surface area contributed by atoms with Gasteiger partial charge in [0.1, 0.15) is 29.7 Å². The number of hydrogen-bond donors (Lipinski definition) is 0. The second-order valence-corrected chi connectivity index (χ2v) is 7.20. The van der Waals surface area contributed by atoms with Crippen molar-refractivity contribution in [1.82, 2.24) is 34.6 Å². The number of carbonyl (C=O) groups is 1.